The molecule has 0 aliphatic rings. The fourth-order valence-electron chi connectivity index (χ4n) is 2.80. The van der Waals surface area contributed by atoms with Gasteiger partial charge in [-0.1, -0.05) is 6.92 Å². The Morgan fingerprint density at radius 1 is 1.21 bits per heavy atom. The monoisotopic (exact) mass is 421 g/mol. The van der Waals surface area contributed by atoms with Gasteiger partial charge in [0.1, 0.15) is 11.4 Å². The van der Waals surface area contributed by atoms with Gasteiger partial charge in [-0.15, -0.1) is 0 Å². The fourth-order valence-corrected chi connectivity index (χ4v) is 3.73. The molecule has 0 bridgehead atoms. The third-order valence-corrected chi connectivity index (χ3v) is 5.96. The molecule has 0 fully saturated rings. The Balaban J connectivity index is 2.24. The molecule has 1 atom stereocenters. The minimum Gasteiger partial charge on any atom is -0.325 e. The van der Waals surface area contributed by atoms with Gasteiger partial charge in [-0.2, -0.15) is 18.4 Å². The number of nitrogens with zero attached hydrogens (tertiary/aromatic N) is 5. The van der Waals surface area contributed by atoms with Gasteiger partial charge >= 0.3 is 6.18 Å². The number of alkyl halides is 3. The molecule has 0 spiro atoms. The van der Waals surface area contributed by atoms with E-state index >= 15 is 0 Å². The predicted molar refractivity (Wildman–Crippen MR) is 102 cm³/mol. The summed E-state index contributed by atoms with van der Waals surface area (Å²) in [6.07, 6.45) is -1.96. The van der Waals surface area contributed by atoms with Crippen LogP contribution in [0, 0.1) is 11.3 Å². The lowest BCUT2D eigenvalue weighted by atomic mass is 9.87. The molecular weight excluding hydrogens is 403 g/mol. The average Bonchev–Trinajstić information content (AvgIpc) is 3.02. The van der Waals surface area contributed by atoms with E-state index in [4.69, 9.17) is 0 Å². The Morgan fingerprint density at radius 2 is 1.90 bits per heavy atom. The Hall–Kier alpha value is -2.80. The van der Waals surface area contributed by atoms with Crippen molar-refractivity contribution in [3.8, 4) is 17.6 Å². The minimum absolute atomic E-state index is 0.112. The van der Waals surface area contributed by atoms with Crippen LogP contribution in [-0.4, -0.2) is 29.5 Å². The molecule has 0 aliphatic heterocycles. The number of fused-ring (bicyclic) bond motifs is 1. The number of hydrogen-bond acceptors (Lipinski definition) is 5. The third-order valence-electron chi connectivity index (χ3n) is 4.63. The lowest BCUT2D eigenvalue weighted by molar-refractivity contribution is -0.141. The maximum atomic E-state index is 13.0. The van der Waals surface area contributed by atoms with Crippen LogP contribution in [0.2, 0.25) is 0 Å². The zero-order chi connectivity index (χ0) is 21.6. The van der Waals surface area contributed by atoms with Crippen molar-refractivity contribution in [3.05, 3.63) is 35.8 Å². The van der Waals surface area contributed by atoms with Crippen LogP contribution in [0.5, 0.6) is 0 Å². The van der Waals surface area contributed by atoms with Gasteiger partial charge < -0.3 is 4.57 Å². The molecule has 3 rings (SSSR count). The number of aryl methyl sites for hydroxylation is 1. The summed E-state index contributed by atoms with van der Waals surface area (Å²) >= 11 is 0. The summed E-state index contributed by atoms with van der Waals surface area (Å²) in [4.78, 5) is 12.6. The predicted octanol–water partition coefficient (Wildman–Crippen LogP) is 3.98. The molecule has 10 heteroatoms. The molecule has 0 saturated heterocycles. The smallest absolute Gasteiger partial charge is 0.325 e. The first kappa shape index (κ1) is 20.9. The van der Waals surface area contributed by atoms with Crippen LogP contribution in [0.25, 0.3) is 22.6 Å². The molecule has 152 valence electrons. The molecule has 0 saturated carbocycles. The van der Waals surface area contributed by atoms with E-state index in [-0.39, 0.29) is 11.3 Å². The summed E-state index contributed by atoms with van der Waals surface area (Å²) < 4.78 is 53.2. The van der Waals surface area contributed by atoms with Gasteiger partial charge in [0.05, 0.1) is 44.4 Å². The van der Waals surface area contributed by atoms with E-state index in [1.165, 1.54) is 6.20 Å². The van der Waals surface area contributed by atoms with E-state index in [1.54, 1.807) is 38.5 Å². The van der Waals surface area contributed by atoms with Crippen LogP contribution in [-0.2, 0) is 29.4 Å². The molecule has 0 amide bonds. The zero-order valence-electron chi connectivity index (χ0n) is 16.2. The van der Waals surface area contributed by atoms with Gasteiger partial charge in [-0.3, -0.25) is 9.19 Å². The zero-order valence-corrected chi connectivity index (χ0v) is 17.0. The highest BCUT2D eigenvalue weighted by Crippen LogP contribution is 2.33. The van der Waals surface area contributed by atoms with E-state index in [0.29, 0.717) is 27.4 Å². The van der Waals surface area contributed by atoms with Crippen molar-refractivity contribution in [2.75, 3.05) is 5.75 Å². The average molecular weight is 421 g/mol. The van der Waals surface area contributed by atoms with Crippen LogP contribution in [0.3, 0.4) is 0 Å². The van der Waals surface area contributed by atoms with Crippen LogP contribution in [0.15, 0.2) is 29.4 Å². The molecular formula is C19H18F3N5OS. The number of hydrogen-bond donors (Lipinski definition) is 0. The standard InChI is InChI=1S/C19H18F3N5OS/c1-5-29(28)14-6-11(18(2,3)10-23)8-25-16(14)17-26-12-7-15(19(20,21)22)24-9-13(12)27(17)4/h6-9H,5H2,1-4H3. The number of nitriles is 1. The molecule has 0 N–H and O–H groups in total. The molecule has 3 heterocycles. The molecule has 29 heavy (non-hydrogen) atoms. The summed E-state index contributed by atoms with van der Waals surface area (Å²) in [5.74, 6) is 0.591. The Kier molecular flexibility index (Phi) is 5.21. The first-order valence-electron chi connectivity index (χ1n) is 8.69. The second kappa shape index (κ2) is 7.22. The lowest BCUT2D eigenvalue weighted by Crippen LogP contribution is -2.16. The van der Waals surface area contributed by atoms with Crippen molar-refractivity contribution in [1.29, 1.82) is 5.26 Å². The molecule has 3 aromatic heterocycles. The summed E-state index contributed by atoms with van der Waals surface area (Å²) in [5, 5.41) is 9.38. The second-order valence-corrected chi connectivity index (χ2v) is 8.70. The van der Waals surface area contributed by atoms with Crippen LogP contribution in [0.1, 0.15) is 32.0 Å². The first-order chi connectivity index (χ1) is 13.5. The highest BCUT2D eigenvalue weighted by atomic mass is 32.2. The largest absolute Gasteiger partial charge is 0.433 e. The van der Waals surface area contributed by atoms with E-state index in [9.17, 15) is 22.6 Å². The van der Waals surface area contributed by atoms with Gasteiger partial charge in [0.15, 0.2) is 5.82 Å². The topological polar surface area (TPSA) is 84.5 Å². The van der Waals surface area contributed by atoms with Gasteiger partial charge in [0.25, 0.3) is 0 Å². The Labute approximate surface area is 167 Å². The van der Waals surface area contributed by atoms with E-state index in [1.807, 2.05) is 0 Å². The van der Waals surface area contributed by atoms with Crippen molar-refractivity contribution < 1.29 is 17.4 Å². The van der Waals surface area contributed by atoms with Gasteiger partial charge in [0, 0.05) is 19.0 Å². The van der Waals surface area contributed by atoms with Crippen molar-refractivity contribution in [2.45, 2.75) is 37.3 Å². The number of imidazole rings is 1. The molecule has 6 nitrogen and oxygen atoms in total. The summed E-state index contributed by atoms with van der Waals surface area (Å²) in [6.45, 7) is 5.19. The van der Waals surface area contributed by atoms with Crippen molar-refractivity contribution in [3.63, 3.8) is 0 Å². The summed E-state index contributed by atoms with van der Waals surface area (Å²) in [7, 11) is 0.213. The van der Waals surface area contributed by atoms with Crippen molar-refractivity contribution in [2.24, 2.45) is 7.05 Å². The van der Waals surface area contributed by atoms with E-state index in [2.05, 4.69) is 21.0 Å². The van der Waals surface area contributed by atoms with Crippen molar-refractivity contribution >= 4 is 21.8 Å². The summed E-state index contributed by atoms with van der Waals surface area (Å²) in [5.41, 5.74) is -0.470. The van der Waals surface area contributed by atoms with Crippen LogP contribution in [0.4, 0.5) is 13.2 Å². The minimum atomic E-state index is -4.58. The van der Waals surface area contributed by atoms with Gasteiger partial charge in [-0.05, 0) is 31.5 Å². The highest BCUT2D eigenvalue weighted by molar-refractivity contribution is 7.85. The third kappa shape index (κ3) is 3.74. The molecule has 0 radical (unpaired) electrons. The van der Waals surface area contributed by atoms with Crippen LogP contribution >= 0.6 is 0 Å². The lowest BCUT2D eigenvalue weighted by Gasteiger charge is -2.17. The maximum Gasteiger partial charge on any atom is 0.433 e. The fraction of sp³-hybridized carbons (Fsp3) is 0.368. The molecule has 3 aromatic rings. The van der Waals surface area contributed by atoms with Gasteiger partial charge in [-0.25, -0.2) is 9.97 Å². The summed E-state index contributed by atoms with van der Waals surface area (Å²) in [6, 6.07) is 4.71. The number of rotatable bonds is 4. The normalized spacial score (nSPS) is 13.4. The number of aromatic nitrogens is 4. The van der Waals surface area contributed by atoms with Crippen molar-refractivity contribution in [1.82, 2.24) is 19.5 Å². The SMILES string of the molecule is CCS(=O)c1cc(C(C)(C)C#N)cnc1-c1nc2cc(C(F)(F)F)ncc2n1C. The second-order valence-electron chi connectivity index (χ2n) is 6.99. The Bertz CT molecular complexity index is 1160. The number of pyridine rings is 2. The first-order valence-corrected chi connectivity index (χ1v) is 10.0. The maximum absolute atomic E-state index is 13.0. The van der Waals surface area contributed by atoms with E-state index in [0.717, 1.165) is 12.3 Å². The van der Waals surface area contributed by atoms with E-state index < -0.39 is 28.1 Å². The molecule has 0 aromatic carbocycles. The number of halogens is 3. The molecule has 1 unspecified atom stereocenters. The van der Waals surface area contributed by atoms with Gasteiger partial charge in [0.2, 0.25) is 0 Å². The quantitative estimate of drug-likeness (QED) is 0.636. The highest BCUT2D eigenvalue weighted by Gasteiger charge is 2.33. The van der Waals surface area contributed by atoms with Crippen LogP contribution < -0.4 is 0 Å². The Morgan fingerprint density at radius 3 is 2.48 bits per heavy atom. The molecule has 0 aliphatic carbocycles.